The average molecular weight is 318 g/mol. The van der Waals surface area contributed by atoms with Gasteiger partial charge in [-0.25, -0.2) is 0 Å². The van der Waals surface area contributed by atoms with Gasteiger partial charge in [0.1, 0.15) is 5.76 Å². The summed E-state index contributed by atoms with van der Waals surface area (Å²) in [6.07, 6.45) is 7.55. The van der Waals surface area contributed by atoms with E-state index in [-0.39, 0.29) is 0 Å². The zero-order valence-corrected chi connectivity index (χ0v) is 14.4. The van der Waals surface area contributed by atoms with Crippen LogP contribution in [0.4, 0.5) is 0 Å². The van der Waals surface area contributed by atoms with Crippen LogP contribution in [-0.2, 0) is 12.8 Å². The highest BCUT2D eigenvalue weighted by Crippen LogP contribution is 2.27. The Morgan fingerprint density at radius 1 is 0.833 bits per heavy atom. The molecular formula is C23H26O. The number of rotatable bonds is 8. The molecule has 0 radical (unpaired) electrons. The summed E-state index contributed by atoms with van der Waals surface area (Å²) in [5.74, 6) is 1.69. The van der Waals surface area contributed by atoms with Crippen molar-refractivity contribution < 1.29 is 4.42 Å². The number of hydrogen-bond donors (Lipinski definition) is 0. The Bertz CT molecular complexity index is 696. The third-order valence-electron chi connectivity index (χ3n) is 4.68. The Kier molecular flexibility index (Phi) is 5.90. The van der Waals surface area contributed by atoms with E-state index in [0.29, 0.717) is 5.92 Å². The molecule has 24 heavy (non-hydrogen) atoms. The van der Waals surface area contributed by atoms with Crippen molar-refractivity contribution in [2.24, 2.45) is 0 Å². The fraction of sp³-hybridized carbons (Fsp3) is 0.304. The first kappa shape index (κ1) is 16.6. The van der Waals surface area contributed by atoms with Gasteiger partial charge in [-0.05, 0) is 55.4 Å². The molecule has 124 valence electrons. The Morgan fingerprint density at radius 2 is 1.62 bits per heavy atom. The van der Waals surface area contributed by atoms with E-state index in [9.17, 15) is 0 Å². The highest BCUT2D eigenvalue weighted by molar-refractivity contribution is 5.27. The highest BCUT2D eigenvalue weighted by Gasteiger charge is 2.12. The summed E-state index contributed by atoms with van der Waals surface area (Å²) in [6, 6.07) is 24.0. The number of unbranched alkanes of at least 4 members (excludes halogenated alkanes) is 1. The fourth-order valence-electron chi connectivity index (χ4n) is 3.27. The molecule has 0 bridgehead atoms. The van der Waals surface area contributed by atoms with Crippen molar-refractivity contribution in [3.8, 4) is 0 Å². The van der Waals surface area contributed by atoms with Gasteiger partial charge in [-0.1, -0.05) is 66.6 Å². The minimum Gasteiger partial charge on any atom is -0.469 e. The predicted octanol–water partition coefficient (Wildman–Crippen LogP) is 6.33. The lowest BCUT2D eigenvalue weighted by molar-refractivity contribution is 0.486. The summed E-state index contributed by atoms with van der Waals surface area (Å²) < 4.78 is 5.43. The lowest BCUT2D eigenvalue weighted by Gasteiger charge is -2.18. The molecule has 0 spiro atoms. The van der Waals surface area contributed by atoms with Gasteiger partial charge in [0.2, 0.25) is 0 Å². The molecule has 3 rings (SSSR count). The standard InChI is InChI=1S/C23H26O/c1-19-13-15-21(16-14-19)22(18-20-8-3-2-4-9-20)10-5-6-11-23-12-7-17-24-23/h2-4,7-9,12-17,22H,5-6,10-11,18H2,1H3. The van der Waals surface area contributed by atoms with Gasteiger partial charge < -0.3 is 4.42 Å². The number of furan rings is 1. The minimum atomic E-state index is 0.588. The van der Waals surface area contributed by atoms with E-state index < -0.39 is 0 Å². The smallest absolute Gasteiger partial charge is 0.103 e. The van der Waals surface area contributed by atoms with Crippen molar-refractivity contribution in [1.82, 2.24) is 0 Å². The van der Waals surface area contributed by atoms with Gasteiger partial charge in [-0.2, -0.15) is 0 Å². The van der Waals surface area contributed by atoms with Crippen LogP contribution in [0.2, 0.25) is 0 Å². The van der Waals surface area contributed by atoms with E-state index in [4.69, 9.17) is 4.42 Å². The van der Waals surface area contributed by atoms with E-state index >= 15 is 0 Å². The quantitative estimate of drug-likeness (QED) is 0.442. The molecule has 1 heterocycles. The Labute approximate surface area is 145 Å². The molecule has 0 N–H and O–H groups in total. The lowest BCUT2D eigenvalue weighted by Crippen LogP contribution is -2.04. The van der Waals surface area contributed by atoms with Crippen LogP contribution in [0.3, 0.4) is 0 Å². The van der Waals surface area contributed by atoms with Gasteiger partial charge >= 0.3 is 0 Å². The van der Waals surface area contributed by atoms with E-state index in [1.807, 2.05) is 6.07 Å². The van der Waals surface area contributed by atoms with Crippen molar-refractivity contribution in [2.45, 2.75) is 44.9 Å². The van der Waals surface area contributed by atoms with E-state index in [2.05, 4.69) is 67.6 Å². The Hall–Kier alpha value is -2.28. The monoisotopic (exact) mass is 318 g/mol. The predicted molar refractivity (Wildman–Crippen MR) is 100 cm³/mol. The largest absolute Gasteiger partial charge is 0.469 e. The maximum atomic E-state index is 5.43. The third-order valence-corrected chi connectivity index (χ3v) is 4.68. The first-order chi connectivity index (χ1) is 11.8. The molecule has 1 atom stereocenters. The van der Waals surface area contributed by atoms with E-state index in [0.717, 1.165) is 18.6 Å². The van der Waals surface area contributed by atoms with Crippen LogP contribution in [0, 0.1) is 6.92 Å². The number of hydrogen-bond acceptors (Lipinski definition) is 1. The second-order valence-corrected chi connectivity index (χ2v) is 6.62. The molecule has 3 aromatic rings. The van der Waals surface area contributed by atoms with Crippen molar-refractivity contribution in [3.05, 3.63) is 95.4 Å². The molecule has 0 saturated heterocycles. The summed E-state index contributed by atoms with van der Waals surface area (Å²) in [6.45, 7) is 2.15. The van der Waals surface area contributed by atoms with Gasteiger partial charge in [0, 0.05) is 6.42 Å². The van der Waals surface area contributed by atoms with Crippen molar-refractivity contribution in [1.29, 1.82) is 0 Å². The molecule has 1 nitrogen and oxygen atoms in total. The molecule has 1 unspecified atom stereocenters. The molecule has 0 aliphatic heterocycles. The summed E-state index contributed by atoms with van der Waals surface area (Å²) >= 11 is 0. The molecule has 0 amide bonds. The Balaban J connectivity index is 1.61. The molecular weight excluding hydrogens is 292 g/mol. The minimum absolute atomic E-state index is 0.588. The summed E-state index contributed by atoms with van der Waals surface area (Å²) in [5, 5.41) is 0. The third kappa shape index (κ3) is 4.86. The highest BCUT2D eigenvalue weighted by atomic mass is 16.3. The van der Waals surface area contributed by atoms with Crippen LogP contribution in [0.1, 0.15) is 47.6 Å². The maximum absolute atomic E-state index is 5.43. The van der Waals surface area contributed by atoms with Crippen LogP contribution >= 0.6 is 0 Å². The van der Waals surface area contributed by atoms with Crippen molar-refractivity contribution in [3.63, 3.8) is 0 Å². The van der Waals surface area contributed by atoms with Crippen LogP contribution < -0.4 is 0 Å². The normalized spacial score (nSPS) is 12.2. The number of aryl methyl sites for hydroxylation is 2. The molecule has 0 fully saturated rings. The summed E-state index contributed by atoms with van der Waals surface area (Å²) in [7, 11) is 0. The zero-order chi connectivity index (χ0) is 16.6. The molecule has 1 aromatic heterocycles. The zero-order valence-electron chi connectivity index (χ0n) is 14.4. The van der Waals surface area contributed by atoms with E-state index in [1.54, 1.807) is 6.26 Å². The van der Waals surface area contributed by atoms with Gasteiger partial charge in [-0.3, -0.25) is 0 Å². The summed E-state index contributed by atoms with van der Waals surface area (Å²) in [4.78, 5) is 0. The van der Waals surface area contributed by atoms with Gasteiger partial charge in [0.05, 0.1) is 6.26 Å². The first-order valence-corrected chi connectivity index (χ1v) is 8.94. The van der Waals surface area contributed by atoms with E-state index in [1.165, 1.54) is 36.0 Å². The first-order valence-electron chi connectivity index (χ1n) is 8.94. The molecule has 0 saturated carbocycles. The average Bonchev–Trinajstić information content (AvgIpc) is 3.13. The molecule has 0 aliphatic rings. The van der Waals surface area contributed by atoms with Crippen molar-refractivity contribution >= 4 is 0 Å². The topological polar surface area (TPSA) is 13.1 Å². The lowest BCUT2D eigenvalue weighted by atomic mass is 9.87. The van der Waals surface area contributed by atoms with Crippen LogP contribution in [0.15, 0.2) is 77.4 Å². The van der Waals surface area contributed by atoms with Crippen LogP contribution in [-0.4, -0.2) is 0 Å². The van der Waals surface area contributed by atoms with Crippen LogP contribution in [0.5, 0.6) is 0 Å². The maximum Gasteiger partial charge on any atom is 0.103 e. The van der Waals surface area contributed by atoms with Crippen molar-refractivity contribution in [2.75, 3.05) is 0 Å². The second kappa shape index (κ2) is 8.54. The van der Waals surface area contributed by atoms with Gasteiger partial charge in [-0.15, -0.1) is 0 Å². The molecule has 1 heteroatoms. The van der Waals surface area contributed by atoms with Crippen LogP contribution in [0.25, 0.3) is 0 Å². The molecule has 2 aromatic carbocycles. The fourth-order valence-corrected chi connectivity index (χ4v) is 3.27. The second-order valence-electron chi connectivity index (χ2n) is 6.62. The SMILES string of the molecule is Cc1ccc(C(CCCCc2ccco2)Cc2ccccc2)cc1. The summed E-state index contributed by atoms with van der Waals surface area (Å²) in [5.41, 5.74) is 4.21. The Morgan fingerprint density at radius 3 is 2.33 bits per heavy atom. The van der Waals surface area contributed by atoms with Gasteiger partial charge in [0.25, 0.3) is 0 Å². The molecule has 0 aliphatic carbocycles. The number of benzene rings is 2. The van der Waals surface area contributed by atoms with Gasteiger partial charge in [0.15, 0.2) is 0 Å².